The average molecular weight is 572 g/mol. The van der Waals surface area contributed by atoms with Crippen LogP contribution in [0.15, 0.2) is 41.4 Å². The van der Waals surface area contributed by atoms with Gasteiger partial charge in [-0.1, -0.05) is 71.9 Å². The zero-order chi connectivity index (χ0) is 28.1. The Bertz CT molecular complexity index is 1090. The van der Waals surface area contributed by atoms with Crippen LogP contribution in [0.5, 0.6) is 0 Å². The molecule has 37 heavy (non-hydrogen) atoms. The van der Waals surface area contributed by atoms with Crippen molar-refractivity contribution in [2.45, 2.75) is 109 Å². The van der Waals surface area contributed by atoms with E-state index in [1.54, 1.807) is 0 Å². The molecule has 1 fully saturated rings. The summed E-state index contributed by atoms with van der Waals surface area (Å²) in [5, 5.41) is 0.754. The Morgan fingerprint density at radius 3 is 2.03 bits per heavy atom. The Morgan fingerprint density at radius 1 is 0.973 bits per heavy atom. The molecule has 8 nitrogen and oxygen atoms in total. The summed E-state index contributed by atoms with van der Waals surface area (Å²) >= 11 is 0. The third-order valence-electron chi connectivity index (χ3n) is 8.31. The van der Waals surface area contributed by atoms with E-state index in [2.05, 4.69) is 67.7 Å². The largest absolute Gasteiger partial charge is 0.414 e. The Labute approximate surface area is 225 Å². The Balaban J connectivity index is 2.03. The van der Waals surface area contributed by atoms with Gasteiger partial charge in [0.05, 0.1) is 24.3 Å². The smallest absolute Gasteiger partial charge is 0.292 e. The molecule has 1 aromatic rings. The third-order valence-corrected chi connectivity index (χ3v) is 18.3. The highest BCUT2D eigenvalue weighted by Crippen LogP contribution is 2.49. The van der Waals surface area contributed by atoms with Gasteiger partial charge in [-0.2, -0.15) is 8.42 Å². The minimum atomic E-state index is -4.05. The normalized spacial score (nSPS) is 28.6. The molecular formula is C26H45NO7SSi2. The first-order chi connectivity index (χ1) is 16.7. The molecule has 0 aromatic heterocycles. The molecule has 1 spiro atoms. The van der Waals surface area contributed by atoms with E-state index < -0.39 is 50.9 Å². The summed E-state index contributed by atoms with van der Waals surface area (Å²) in [6.07, 6.45) is -2.66. The van der Waals surface area contributed by atoms with Crippen molar-refractivity contribution in [1.82, 2.24) is 0 Å². The highest BCUT2D eigenvalue weighted by Gasteiger charge is 2.67. The Morgan fingerprint density at radius 2 is 1.54 bits per heavy atom. The van der Waals surface area contributed by atoms with E-state index in [-0.39, 0.29) is 29.0 Å². The minimum absolute atomic E-state index is 0.0471. The maximum Gasteiger partial charge on any atom is 0.292 e. The summed E-state index contributed by atoms with van der Waals surface area (Å²) in [6.45, 7) is 21.6. The lowest BCUT2D eigenvalue weighted by Gasteiger charge is -2.43. The van der Waals surface area contributed by atoms with Crippen molar-refractivity contribution in [3.8, 4) is 0 Å². The van der Waals surface area contributed by atoms with Gasteiger partial charge < -0.3 is 24.1 Å². The number of ether oxygens (including phenoxy) is 2. The molecule has 2 heterocycles. The van der Waals surface area contributed by atoms with E-state index in [1.807, 2.05) is 30.3 Å². The zero-order valence-corrected chi connectivity index (χ0v) is 26.8. The summed E-state index contributed by atoms with van der Waals surface area (Å²) in [5.74, 6) is 0. The van der Waals surface area contributed by atoms with Crippen molar-refractivity contribution < 1.29 is 30.9 Å². The highest BCUT2D eigenvalue weighted by atomic mass is 32.2. The van der Waals surface area contributed by atoms with E-state index in [9.17, 15) is 8.42 Å². The van der Waals surface area contributed by atoms with Gasteiger partial charge >= 0.3 is 0 Å². The summed E-state index contributed by atoms with van der Waals surface area (Å²) in [6, 6.07) is 9.71. The van der Waals surface area contributed by atoms with Gasteiger partial charge in [0, 0.05) is 0 Å². The first kappa shape index (κ1) is 30.5. The van der Waals surface area contributed by atoms with Crippen molar-refractivity contribution in [3.05, 3.63) is 47.0 Å². The fourth-order valence-electron chi connectivity index (χ4n) is 3.86. The summed E-state index contributed by atoms with van der Waals surface area (Å²) in [4.78, 5) is 0. The predicted molar refractivity (Wildman–Crippen MR) is 150 cm³/mol. The molecule has 210 valence electrons. The fourth-order valence-corrected chi connectivity index (χ4v) is 7.36. The summed E-state index contributed by atoms with van der Waals surface area (Å²) < 4.78 is 57.3. The van der Waals surface area contributed by atoms with Crippen LogP contribution in [0.2, 0.25) is 36.3 Å². The van der Waals surface area contributed by atoms with E-state index >= 15 is 0 Å². The van der Waals surface area contributed by atoms with E-state index in [1.165, 1.54) is 0 Å². The quantitative estimate of drug-likeness (QED) is 0.334. The summed E-state index contributed by atoms with van der Waals surface area (Å²) in [7, 11) is -8.71. The summed E-state index contributed by atoms with van der Waals surface area (Å²) in [5.41, 5.74) is 5.88. The maximum atomic E-state index is 12.8. The van der Waals surface area contributed by atoms with Gasteiger partial charge in [0.25, 0.3) is 10.1 Å². The van der Waals surface area contributed by atoms with Crippen molar-refractivity contribution >= 4 is 26.8 Å². The van der Waals surface area contributed by atoms with Crippen LogP contribution in [0.1, 0.15) is 47.1 Å². The molecule has 2 N–H and O–H groups in total. The first-order valence-corrected chi connectivity index (χ1v) is 20.1. The SMILES string of the molecule is CC(C)(C)[Si](C)(C)OC[C@H]1O[C@@H](OCc2ccccc2)[C@H](O[Si](C)(C)C(C)(C)C)[C@@]12OS(=O)(=O)C=C2N. The van der Waals surface area contributed by atoms with Crippen LogP contribution in [-0.4, -0.2) is 55.8 Å². The lowest BCUT2D eigenvalue weighted by atomic mass is 9.90. The number of hydrogen-bond acceptors (Lipinski definition) is 8. The van der Waals surface area contributed by atoms with Crippen LogP contribution in [0.25, 0.3) is 0 Å². The second-order valence-corrected chi connectivity index (χ2v) is 24.1. The predicted octanol–water partition coefficient (Wildman–Crippen LogP) is 5.24. The van der Waals surface area contributed by atoms with Crippen molar-refractivity contribution in [2.24, 2.45) is 5.73 Å². The van der Waals surface area contributed by atoms with E-state index in [0.29, 0.717) is 0 Å². The number of benzene rings is 1. The van der Waals surface area contributed by atoms with E-state index in [0.717, 1.165) is 11.0 Å². The molecule has 3 rings (SSSR count). The van der Waals surface area contributed by atoms with Crippen LogP contribution in [0.4, 0.5) is 0 Å². The molecule has 2 aliphatic rings. The lowest BCUT2D eigenvalue weighted by Crippen LogP contribution is -2.59. The molecule has 1 aromatic carbocycles. The number of nitrogens with two attached hydrogens (primary N) is 1. The molecule has 0 unspecified atom stereocenters. The third kappa shape index (κ3) is 6.24. The maximum absolute atomic E-state index is 12.8. The van der Waals surface area contributed by atoms with Gasteiger partial charge in [-0.15, -0.1) is 0 Å². The van der Waals surface area contributed by atoms with Gasteiger partial charge in [0.15, 0.2) is 28.5 Å². The molecule has 0 aliphatic carbocycles. The molecule has 0 bridgehead atoms. The molecule has 0 radical (unpaired) electrons. The molecule has 1 saturated heterocycles. The second-order valence-electron chi connectivity index (χ2n) is 13.1. The lowest BCUT2D eigenvalue weighted by molar-refractivity contribution is -0.172. The highest BCUT2D eigenvalue weighted by molar-refractivity contribution is 7.90. The second kappa shape index (κ2) is 10.2. The van der Waals surface area contributed by atoms with Gasteiger partial charge in [-0.05, 0) is 41.8 Å². The molecule has 0 amide bonds. The van der Waals surface area contributed by atoms with Crippen LogP contribution in [0, 0.1) is 0 Å². The van der Waals surface area contributed by atoms with Gasteiger partial charge in [-0.25, -0.2) is 4.18 Å². The van der Waals surface area contributed by atoms with Crippen LogP contribution in [-0.2, 0) is 39.2 Å². The molecule has 2 aliphatic heterocycles. The Kier molecular flexibility index (Phi) is 8.37. The standard InChI is InChI=1S/C26H45NO7SSi2/c1-24(2,3)36(7,8)31-17-21-26(20(27)18-35(28,29)34-26)22(33-37(9,10)25(4,5)6)23(32-21)30-16-19-14-12-11-13-15-19/h11-15,18,21-23H,16-17,27H2,1-10H3/t21-,22+,23-,26+/m1/s1. The van der Waals surface area contributed by atoms with Crippen molar-refractivity contribution in [2.75, 3.05) is 6.61 Å². The van der Waals surface area contributed by atoms with Gasteiger partial charge in [-0.3, -0.25) is 0 Å². The van der Waals surface area contributed by atoms with Crippen LogP contribution in [0.3, 0.4) is 0 Å². The minimum Gasteiger partial charge on any atom is -0.414 e. The molecule has 11 heteroatoms. The number of hydrogen-bond donors (Lipinski definition) is 1. The molecule has 0 saturated carbocycles. The zero-order valence-electron chi connectivity index (χ0n) is 24.0. The molecular weight excluding hydrogens is 527 g/mol. The van der Waals surface area contributed by atoms with Crippen LogP contribution >= 0.6 is 0 Å². The number of rotatable bonds is 8. The monoisotopic (exact) mass is 571 g/mol. The average Bonchev–Trinajstić information content (AvgIpc) is 3.16. The first-order valence-electron chi connectivity index (χ1n) is 12.8. The molecule has 4 atom stereocenters. The topological polar surface area (TPSA) is 106 Å². The van der Waals surface area contributed by atoms with Crippen LogP contribution < -0.4 is 5.73 Å². The van der Waals surface area contributed by atoms with Gasteiger partial charge in [0.1, 0.15) is 12.2 Å². The van der Waals surface area contributed by atoms with Crippen molar-refractivity contribution in [1.29, 1.82) is 0 Å². The fraction of sp³-hybridized carbons (Fsp3) is 0.692. The van der Waals surface area contributed by atoms with Gasteiger partial charge in [0.2, 0.25) is 0 Å². The van der Waals surface area contributed by atoms with Crippen molar-refractivity contribution in [3.63, 3.8) is 0 Å². The Hall–Kier alpha value is -1.06. The van der Waals surface area contributed by atoms with E-state index in [4.69, 9.17) is 28.2 Å².